The van der Waals surface area contributed by atoms with Crippen molar-refractivity contribution in [1.82, 2.24) is 115 Å². The summed E-state index contributed by atoms with van der Waals surface area (Å²) >= 11 is 51.6. The molecule has 718 valence electrons. The van der Waals surface area contributed by atoms with Gasteiger partial charge in [-0.15, -0.1) is 57.8 Å². The molecule has 16 aromatic heterocycles. The van der Waals surface area contributed by atoms with Crippen LogP contribution in [0.25, 0.3) is 10.9 Å². The molecule has 16 heterocycles. The third-order valence-corrected chi connectivity index (χ3v) is 29.5. The number of thioether (sulfide) groups is 7. The number of H-pyrrole nitrogens is 8. The summed E-state index contributed by atoms with van der Waals surface area (Å²) in [5, 5.41) is 17.2. The van der Waals surface area contributed by atoms with Crippen LogP contribution in [0.15, 0.2) is 218 Å². The summed E-state index contributed by atoms with van der Waals surface area (Å²) in [4.78, 5) is 163. The average Bonchev–Trinajstić information content (AvgIpc) is 1.66. The first-order valence-corrected chi connectivity index (χ1v) is 52.1. The van der Waals surface area contributed by atoms with E-state index in [1.165, 1.54) is 171 Å². The van der Waals surface area contributed by atoms with Crippen LogP contribution in [-0.2, 0) is 53.2 Å². The Hall–Kier alpha value is -9.76. The van der Waals surface area contributed by atoms with E-state index in [1.54, 1.807) is 99.7 Å². The lowest BCUT2D eigenvalue weighted by Gasteiger charge is -2.03. The fourth-order valence-corrected chi connectivity index (χ4v) is 22.8. The SMILES string of the molecule is Cc1cc(=O)[nH]c(CCc2cccnc2F)n1.Cc1cc(=O)[nH]c(SCc2c(C)noc2C)n1.Cc1cc(=O)[nH]c(SCc2cc(Cl)sc2Cl)n1.Cc1cc(=O)[nH]c(SCc2cncc(F)c2)n1.Cc1cc(=O)[nH]c(SCc2cncs2)n1.Cc1cc(=O)[nH]c(SCc2sc(Cl)nc2Cl)n1.Cc1cc(=O)[nH]c(SCc2sccc2Cl)n1.Cc1nc(SCn2nc3ccccc3c2Cl)cc(=O)[nH]1.Cl. The number of hydrogen-bond donors (Lipinski definition) is 8. The van der Waals surface area contributed by atoms with Gasteiger partial charge in [0.25, 0.3) is 44.5 Å². The molecule has 1 aromatic carbocycles. The summed E-state index contributed by atoms with van der Waals surface area (Å²) in [5.74, 6) is 5.56. The molecule has 0 fully saturated rings. The van der Waals surface area contributed by atoms with Crippen LogP contribution in [0.3, 0.4) is 0 Å². The van der Waals surface area contributed by atoms with E-state index in [2.05, 4.69) is 110 Å². The van der Waals surface area contributed by atoms with E-state index in [4.69, 9.17) is 74.1 Å². The smallest absolute Gasteiger partial charge is 0.251 e. The molecule has 0 atom stereocenters. The van der Waals surface area contributed by atoms with Gasteiger partial charge in [-0.2, -0.15) is 9.49 Å². The number of nitrogens with zero attached hydrogens (tertiary/aromatic N) is 15. The van der Waals surface area contributed by atoms with Crippen LogP contribution in [-0.4, -0.2) is 115 Å². The molecule has 0 bridgehead atoms. The van der Waals surface area contributed by atoms with Crippen molar-refractivity contribution in [2.45, 2.75) is 158 Å². The molecule has 137 heavy (non-hydrogen) atoms. The van der Waals surface area contributed by atoms with Gasteiger partial charge in [-0.3, -0.25) is 48.3 Å². The highest BCUT2D eigenvalue weighted by Gasteiger charge is 2.16. The zero-order chi connectivity index (χ0) is 98.1. The van der Waals surface area contributed by atoms with E-state index in [0.717, 1.165) is 88.6 Å². The number of aryl methyl sites for hydroxylation is 12. The molecule has 0 aliphatic rings. The Morgan fingerprint density at radius 1 is 0.453 bits per heavy atom. The lowest BCUT2D eigenvalue weighted by atomic mass is 10.1. The fraction of sp³-hybridized carbons (Fsp3) is 0.224. The summed E-state index contributed by atoms with van der Waals surface area (Å²) in [6, 6.07) is 27.8. The molecule has 17 aromatic rings. The molecule has 32 nitrogen and oxygen atoms in total. The predicted molar refractivity (Wildman–Crippen MR) is 552 cm³/mol. The minimum absolute atomic E-state index is 0. The van der Waals surface area contributed by atoms with Crippen molar-refractivity contribution in [3.63, 3.8) is 0 Å². The van der Waals surface area contributed by atoms with Gasteiger partial charge in [-0.05, 0) is 129 Å². The second kappa shape index (κ2) is 55.9. The van der Waals surface area contributed by atoms with Gasteiger partial charge >= 0.3 is 0 Å². The summed E-state index contributed by atoms with van der Waals surface area (Å²) in [5.41, 5.74) is 10.5. The van der Waals surface area contributed by atoms with Gasteiger partial charge in [0, 0.05) is 174 Å². The molecule has 0 aliphatic heterocycles. The monoisotopic (exact) mass is 2200 g/mol. The lowest BCUT2D eigenvalue weighted by Crippen LogP contribution is -2.12. The number of aromatic nitrogens is 23. The van der Waals surface area contributed by atoms with Gasteiger partial charge in [-0.1, -0.05) is 175 Å². The maximum absolute atomic E-state index is 13.2. The molecule has 0 amide bonds. The van der Waals surface area contributed by atoms with Gasteiger partial charge in [0.05, 0.1) is 47.4 Å². The number of thiazole rings is 2. The van der Waals surface area contributed by atoms with E-state index in [-0.39, 0.29) is 62.7 Å². The number of rotatable bonds is 24. The van der Waals surface area contributed by atoms with Crippen molar-refractivity contribution < 1.29 is 13.3 Å². The largest absolute Gasteiger partial charge is 0.361 e. The van der Waals surface area contributed by atoms with Gasteiger partial charge in [0.2, 0.25) is 5.95 Å². The van der Waals surface area contributed by atoms with Crippen LogP contribution in [0.5, 0.6) is 0 Å². The number of fused-ring (bicyclic) bond motifs is 1. The number of halogens is 9. The van der Waals surface area contributed by atoms with Crippen LogP contribution >= 0.6 is 210 Å². The number of nitrogens with one attached hydrogen (secondary N) is 8. The minimum Gasteiger partial charge on any atom is -0.361 e. The Morgan fingerprint density at radius 2 is 0.956 bits per heavy atom. The molecule has 0 spiro atoms. The van der Waals surface area contributed by atoms with E-state index in [9.17, 15) is 47.1 Å². The summed E-state index contributed by atoms with van der Waals surface area (Å²) in [7, 11) is 0. The number of pyridine rings is 2. The average molecular weight is 2210 g/mol. The predicted octanol–water partition coefficient (Wildman–Crippen LogP) is 20.3. The highest BCUT2D eigenvalue weighted by atomic mass is 35.5. The maximum Gasteiger partial charge on any atom is 0.251 e. The molecule has 0 saturated carbocycles. The molecule has 17 rings (SSSR count). The van der Waals surface area contributed by atoms with Crippen LogP contribution in [0.4, 0.5) is 8.78 Å². The first-order chi connectivity index (χ1) is 64.9. The quantitative estimate of drug-likeness (QED) is 0.0121. The van der Waals surface area contributed by atoms with Gasteiger partial charge in [0.1, 0.15) is 38.6 Å². The number of benzene rings is 1. The Labute approximate surface area is 860 Å². The molecule has 0 saturated heterocycles. The molecule has 0 unspecified atom stereocenters. The summed E-state index contributed by atoms with van der Waals surface area (Å²) < 4.78 is 34.7. The topological polar surface area (TPSA) is 461 Å². The zero-order valence-corrected chi connectivity index (χ0v) is 87.8. The van der Waals surface area contributed by atoms with Crippen molar-refractivity contribution in [2.75, 3.05) is 0 Å². The van der Waals surface area contributed by atoms with E-state index in [0.29, 0.717) is 141 Å². The maximum atomic E-state index is 13.2. The Bertz CT molecular complexity index is 7280. The van der Waals surface area contributed by atoms with Crippen LogP contribution in [0, 0.1) is 81.0 Å². The van der Waals surface area contributed by atoms with Crippen LogP contribution in [0.1, 0.15) is 99.8 Å². The van der Waals surface area contributed by atoms with Crippen molar-refractivity contribution in [3.8, 4) is 0 Å². The Balaban J connectivity index is 0.000000175. The summed E-state index contributed by atoms with van der Waals surface area (Å²) in [6.07, 6.45) is 6.92. The molecular formula is C85H80Cl7F2N23O9S11. The molecule has 8 N–H and O–H groups in total. The van der Waals surface area contributed by atoms with E-state index < -0.39 is 5.95 Å². The highest BCUT2D eigenvalue weighted by molar-refractivity contribution is 7.99. The second-order valence-electron chi connectivity index (χ2n) is 27.9. The normalized spacial score (nSPS) is 10.6. The van der Waals surface area contributed by atoms with E-state index >= 15 is 0 Å². The molecular weight excluding hydrogens is 2130 g/mol. The number of thiophene rings is 2. The van der Waals surface area contributed by atoms with Crippen molar-refractivity contribution >= 4 is 221 Å². The summed E-state index contributed by atoms with van der Waals surface area (Å²) in [6.45, 7) is 18.0. The van der Waals surface area contributed by atoms with Crippen molar-refractivity contribution in [3.05, 3.63) is 362 Å². The van der Waals surface area contributed by atoms with Crippen molar-refractivity contribution in [2.24, 2.45) is 0 Å². The van der Waals surface area contributed by atoms with Gasteiger partial charge in [-0.25, -0.2) is 58.9 Å². The van der Waals surface area contributed by atoms with Crippen LogP contribution < -0.4 is 44.5 Å². The fourth-order valence-electron chi connectivity index (χ4n) is 10.9. The van der Waals surface area contributed by atoms with Gasteiger partial charge < -0.3 is 44.4 Å². The lowest BCUT2D eigenvalue weighted by molar-refractivity contribution is 0.392. The Morgan fingerprint density at radius 3 is 1.41 bits per heavy atom. The standard InChI is InChI=1S/C13H11ClN4OS.C12H12FN3O.C11H10FN3OS.C11H13N3O2S.C10H8Cl2N2OS2.C10H9ClN2OS2.C9H7Cl2N3OS2.C9H9N3OS2.ClH/c1-8-15-11(19)6-12(16-8)20-7-18-13(14)9-4-2-3-5-10(9)17-18;1-8-7-11(17)16-10(15-8)5-4-9-3-2-6-14-12(9)13;1-7-2-10(16)15-11(14-7)17-6-8-3-9(12)5-13-4-8;1-6-4-10(15)13-11(12-6)17-5-9-7(2)14-16-8(9)3;1-5-2-8(15)14-10(13-5)16-4-6-3-7(11)17-9(6)12;1-6-4-9(14)13-10(12-6)16-5-8-7(11)2-3-15-8;1-4-2-6(15)13-9(12-4)16-3-5-7(10)14-8(11)17-5;1-6-2-8(13)12-9(11-6)14-4-7-3-10-5-15-7;/h2-6H,7H2,1H3,(H,15,16,19);2-3,6-7H,4-5H2,1H3,(H,15,16,17);2-5H,6H2,1H3,(H,14,15,16);4H,5H2,1-3H3,(H,12,13,15);2-3H,4H2,1H3,(H,13,14,15);2-4H,5H2,1H3,(H,12,13,14);2H,3H2,1H3,(H,12,13,15);2-3,5H,4H2,1H3,(H,11,12,13);1H. The first-order valence-electron chi connectivity index (χ1n) is 39.5. The highest BCUT2D eigenvalue weighted by Crippen LogP contribution is 2.36. The number of aromatic amines is 8. The van der Waals surface area contributed by atoms with Crippen molar-refractivity contribution in [1.29, 1.82) is 0 Å². The third kappa shape index (κ3) is 38.8. The molecule has 0 aliphatic carbocycles. The molecule has 0 radical (unpaired) electrons. The Kier molecular flexibility index (Phi) is 45.2. The zero-order valence-electron chi connectivity index (χ0n) is 73.4. The first kappa shape index (κ1) is 111. The second-order valence-corrected chi connectivity index (χ2v) is 41.7. The van der Waals surface area contributed by atoms with Crippen LogP contribution in [0.2, 0.25) is 28.5 Å². The number of hydrogen-bond acceptors (Lipinski definition) is 34. The minimum atomic E-state index is -0.470. The van der Waals surface area contributed by atoms with E-state index in [1.807, 2.05) is 68.7 Å². The third-order valence-electron chi connectivity index (χ3n) is 16.8. The van der Waals surface area contributed by atoms with Gasteiger partial charge in [0.15, 0.2) is 35.4 Å². The molecule has 52 heteroatoms.